The summed E-state index contributed by atoms with van der Waals surface area (Å²) in [6.07, 6.45) is 3.93. The first-order valence-electron chi connectivity index (χ1n) is 13.7. The summed E-state index contributed by atoms with van der Waals surface area (Å²) in [5.41, 5.74) is 2.91. The Morgan fingerprint density at radius 2 is 1.61 bits per heavy atom. The van der Waals surface area contributed by atoms with Gasteiger partial charge in [-0.15, -0.1) is 0 Å². The van der Waals surface area contributed by atoms with Gasteiger partial charge < -0.3 is 10.2 Å². The van der Waals surface area contributed by atoms with Crippen LogP contribution in [-0.4, -0.2) is 43.8 Å². The van der Waals surface area contributed by atoms with E-state index in [9.17, 15) is 18.0 Å². The molecule has 7 nitrogen and oxygen atoms in total. The summed E-state index contributed by atoms with van der Waals surface area (Å²) in [7, 11) is -4.19. The molecule has 2 amide bonds. The summed E-state index contributed by atoms with van der Waals surface area (Å²) < 4.78 is 28.9. The zero-order valence-corrected chi connectivity index (χ0v) is 25.8. The van der Waals surface area contributed by atoms with Crippen molar-refractivity contribution >= 4 is 50.7 Å². The van der Waals surface area contributed by atoms with Gasteiger partial charge >= 0.3 is 0 Å². The van der Waals surface area contributed by atoms with E-state index in [2.05, 4.69) is 5.32 Å². The Labute approximate surface area is 252 Å². The molecule has 1 N–H and O–H groups in total. The number of amides is 2. The van der Waals surface area contributed by atoms with Crippen LogP contribution < -0.4 is 9.62 Å². The maximum atomic E-state index is 14.1. The third kappa shape index (κ3) is 7.42. The van der Waals surface area contributed by atoms with Gasteiger partial charge in [0.15, 0.2) is 0 Å². The van der Waals surface area contributed by atoms with E-state index in [1.165, 1.54) is 35.2 Å². The molecule has 0 bridgehead atoms. The number of halogens is 2. The van der Waals surface area contributed by atoms with Crippen molar-refractivity contribution in [2.24, 2.45) is 0 Å². The van der Waals surface area contributed by atoms with Crippen molar-refractivity contribution in [3.05, 3.63) is 93.5 Å². The Bertz CT molecular complexity index is 1510. The molecule has 0 saturated heterocycles. The van der Waals surface area contributed by atoms with Crippen molar-refractivity contribution in [2.45, 2.75) is 70.0 Å². The van der Waals surface area contributed by atoms with Crippen molar-refractivity contribution in [3.8, 4) is 0 Å². The van der Waals surface area contributed by atoms with Gasteiger partial charge in [-0.25, -0.2) is 8.42 Å². The molecule has 1 aliphatic rings. The lowest BCUT2D eigenvalue weighted by molar-refractivity contribution is -0.139. The van der Waals surface area contributed by atoms with Crippen molar-refractivity contribution < 1.29 is 18.0 Å². The molecule has 0 spiro atoms. The lowest BCUT2D eigenvalue weighted by Crippen LogP contribution is -2.52. The quantitative estimate of drug-likeness (QED) is 0.291. The molecular weight excluding hydrogens is 581 g/mol. The first-order valence-corrected chi connectivity index (χ1v) is 15.9. The summed E-state index contributed by atoms with van der Waals surface area (Å²) in [6, 6.07) is 17.7. The monoisotopic (exact) mass is 615 g/mol. The van der Waals surface area contributed by atoms with Crippen molar-refractivity contribution in [1.29, 1.82) is 0 Å². The van der Waals surface area contributed by atoms with Crippen LogP contribution in [0.2, 0.25) is 10.0 Å². The molecule has 41 heavy (non-hydrogen) atoms. The predicted octanol–water partition coefficient (Wildman–Crippen LogP) is 6.28. The summed E-state index contributed by atoms with van der Waals surface area (Å²) in [5, 5.41) is 3.49. The van der Waals surface area contributed by atoms with E-state index < -0.39 is 28.5 Å². The number of hydrogen-bond donors (Lipinski definition) is 1. The summed E-state index contributed by atoms with van der Waals surface area (Å²) in [5.74, 6) is -0.787. The van der Waals surface area contributed by atoms with Crippen LogP contribution in [0.15, 0.2) is 71.6 Å². The van der Waals surface area contributed by atoms with Gasteiger partial charge in [0.25, 0.3) is 10.0 Å². The topological polar surface area (TPSA) is 86.8 Å². The lowest BCUT2D eigenvalue weighted by atomic mass is 10.1. The van der Waals surface area contributed by atoms with Crippen LogP contribution in [0.25, 0.3) is 0 Å². The Morgan fingerprint density at radius 1 is 0.951 bits per heavy atom. The van der Waals surface area contributed by atoms with Crippen LogP contribution in [0, 0.1) is 13.8 Å². The van der Waals surface area contributed by atoms with E-state index in [1.807, 2.05) is 38.1 Å². The number of aryl methyl sites for hydroxylation is 2. The predicted molar refractivity (Wildman–Crippen MR) is 164 cm³/mol. The van der Waals surface area contributed by atoms with Gasteiger partial charge in [-0.05, 0) is 75.1 Å². The van der Waals surface area contributed by atoms with Gasteiger partial charge in [0.05, 0.1) is 20.6 Å². The number of nitrogens with one attached hydrogen (secondary N) is 1. The van der Waals surface area contributed by atoms with Crippen LogP contribution in [0.5, 0.6) is 0 Å². The average Bonchev–Trinajstić information content (AvgIpc) is 3.45. The van der Waals surface area contributed by atoms with E-state index >= 15 is 0 Å². The highest BCUT2D eigenvalue weighted by molar-refractivity contribution is 7.92. The molecule has 0 aliphatic heterocycles. The van der Waals surface area contributed by atoms with Gasteiger partial charge in [0.2, 0.25) is 11.8 Å². The Kier molecular flexibility index (Phi) is 10.00. The van der Waals surface area contributed by atoms with Crippen LogP contribution in [0.4, 0.5) is 5.69 Å². The second kappa shape index (κ2) is 13.3. The van der Waals surface area contributed by atoms with Crippen molar-refractivity contribution in [1.82, 2.24) is 10.2 Å². The molecule has 4 rings (SSSR count). The van der Waals surface area contributed by atoms with E-state index in [1.54, 1.807) is 19.1 Å². The first-order chi connectivity index (χ1) is 19.5. The zero-order valence-electron chi connectivity index (χ0n) is 23.4. The fourth-order valence-electron chi connectivity index (χ4n) is 4.95. The van der Waals surface area contributed by atoms with Gasteiger partial charge in [-0.2, -0.15) is 0 Å². The summed E-state index contributed by atoms with van der Waals surface area (Å²) in [4.78, 5) is 28.9. The van der Waals surface area contributed by atoms with Gasteiger partial charge in [0, 0.05) is 12.6 Å². The normalized spacial score (nSPS) is 14.5. The Hall–Kier alpha value is -3.07. The highest BCUT2D eigenvalue weighted by Gasteiger charge is 2.33. The molecule has 3 aromatic carbocycles. The number of anilines is 1. The minimum atomic E-state index is -4.19. The zero-order chi connectivity index (χ0) is 29.7. The second-order valence-electron chi connectivity index (χ2n) is 10.5. The molecule has 10 heteroatoms. The fourth-order valence-corrected chi connectivity index (χ4v) is 6.65. The molecule has 0 unspecified atom stereocenters. The Balaban J connectivity index is 1.71. The molecule has 1 fully saturated rings. The third-order valence-corrected chi connectivity index (χ3v) is 10.1. The van der Waals surface area contributed by atoms with Crippen molar-refractivity contribution in [2.75, 3.05) is 10.8 Å². The Morgan fingerprint density at radius 3 is 2.24 bits per heavy atom. The highest BCUT2D eigenvalue weighted by Crippen LogP contribution is 2.31. The third-order valence-electron chi connectivity index (χ3n) is 7.55. The number of hydrogen-bond acceptors (Lipinski definition) is 4. The molecule has 1 atom stereocenters. The molecule has 0 aromatic heterocycles. The molecule has 0 heterocycles. The highest BCUT2D eigenvalue weighted by atomic mass is 35.5. The van der Waals surface area contributed by atoms with E-state index in [4.69, 9.17) is 23.2 Å². The largest absolute Gasteiger partial charge is 0.352 e. The van der Waals surface area contributed by atoms with Crippen LogP contribution in [0.1, 0.15) is 49.3 Å². The van der Waals surface area contributed by atoms with Crippen LogP contribution >= 0.6 is 23.2 Å². The number of sulfonamides is 1. The van der Waals surface area contributed by atoms with Crippen LogP contribution in [-0.2, 0) is 26.2 Å². The minimum absolute atomic E-state index is 0.0273. The maximum Gasteiger partial charge on any atom is 0.264 e. The number of carbonyl (C=O) groups excluding carboxylic acids is 2. The maximum absolute atomic E-state index is 14.1. The molecule has 1 aliphatic carbocycles. The summed E-state index contributed by atoms with van der Waals surface area (Å²) in [6.45, 7) is 5.08. The van der Waals surface area contributed by atoms with Gasteiger partial charge in [-0.1, -0.05) is 78.0 Å². The van der Waals surface area contributed by atoms with Crippen LogP contribution in [0.3, 0.4) is 0 Å². The SMILES string of the molecule is Cc1ccc(S(=O)(=O)N(CC(=O)N(Cc2ccccc2C)[C@H](C)C(=O)NC2CCCC2)c2ccc(Cl)c(Cl)c2)cc1. The number of benzene rings is 3. The lowest BCUT2D eigenvalue weighted by Gasteiger charge is -2.33. The molecular formula is C31H35Cl2N3O4S. The molecule has 218 valence electrons. The summed E-state index contributed by atoms with van der Waals surface area (Å²) >= 11 is 12.4. The van der Waals surface area contributed by atoms with Crippen molar-refractivity contribution in [3.63, 3.8) is 0 Å². The van der Waals surface area contributed by atoms with E-state index in [0.717, 1.165) is 46.7 Å². The molecule has 0 radical (unpaired) electrons. The second-order valence-corrected chi connectivity index (χ2v) is 13.2. The molecule has 3 aromatic rings. The van der Waals surface area contributed by atoms with E-state index in [0.29, 0.717) is 0 Å². The van der Waals surface area contributed by atoms with Gasteiger partial charge in [-0.3, -0.25) is 13.9 Å². The van der Waals surface area contributed by atoms with Gasteiger partial charge in [0.1, 0.15) is 12.6 Å². The average molecular weight is 617 g/mol. The number of carbonyl (C=O) groups is 2. The standard InChI is InChI=1S/C31H35Cl2N3O4S/c1-21-12-15-27(16-13-21)41(39,40)36(26-14-17-28(32)29(33)18-26)20-30(37)35(19-24-9-5-4-8-22(24)2)23(3)31(38)34-25-10-6-7-11-25/h4-5,8-9,12-18,23,25H,6-7,10-11,19-20H2,1-3H3,(H,34,38)/t23-/m1/s1. The minimum Gasteiger partial charge on any atom is -0.352 e. The van der Waals surface area contributed by atoms with E-state index in [-0.39, 0.29) is 39.1 Å². The molecule has 1 saturated carbocycles. The fraction of sp³-hybridized carbons (Fsp3) is 0.355. The smallest absolute Gasteiger partial charge is 0.264 e. The first kappa shape index (κ1) is 30.9. The number of rotatable bonds is 10. The number of nitrogens with zero attached hydrogens (tertiary/aromatic N) is 2.